The number of aromatic nitrogens is 2. The molecule has 0 bridgehead atoms. The lowest BCUT2D eigenvalue weighted by atomic mass is 10.2. The standard InChI is InChI=1S/C14H20N4/c1-15-9-12-10-18(4)14(16-12)11-5-7-13(8-6-11)17(2)3/h5-8,10,15H,9H2,1-4H3. The molecule has 18 heavy (non-hydrogen) atoms. The molecule has 0 aliphatic carbocycles. The fraction of sp³-hybridized carbons (Fsp3) is 0.357. The Labute approximate surface area is 108 Å². The van der Waals surface area contributed by atoms with E-state index in [4.69, 9.17) is 0 Å². The van der Waals surface area contributed by atoms with Crippen molar-refractivity contribution in [3.63, 3.8) is 0 Å². The Bertz CT molecular complexity index is 511. The van der Waals surface area contributed by atoms with Gasteiger partial charge >= 0.3 is 0 Å². The van der Waals surface area contributed by atoms with E-state index in [1.54, 1.807) is 0 Å². The zero-order chi connectivity index (χ0) is 13.1. The number of nitrogens with zero attached hydrogens (tertiary/aromatic N) is 3. The lowest BCUT2D eigenvalue weighted by Crippen LogP contribution is -2.08. The van der Waals surface area contributed by atoms with E-state index in [9.17, 15) is 0 Å². The Kier molecular flexibility index (Phi) is 3.67. The van der Waals surface area contributed by atoms with Gasteiger partial charge in [0.05, 0.1) is 5.69 Å². The largest absolute Gasteiger partial charge is 0.378 e. The highest BCUT2D eigenvalue weighted by Gasteiger charge is 2.07. The predicted molar refractivity (Wildman–Crippen MR) is 75.7 cm³/mol. The van der Waals surface area contributed by atoms with Gasteiger partial charge in [-0.25, -0.2) is 4.98 Å². The number of hydrogen-bond acceptors (Lipinski definition) is 3. The van der Waals surface area contributed by atoms with Gasteiger partial charge in [0, 0.05) is 45.1 Å². The molecule has 0 saturated carbocycles. The van der Waals surface area contributed by atoms with Crippen molar-refractivity contribution in [1.82, 2.24) is 14.9 Å². The highest BCUT2D eigenvalue weighted by atomic mass is 15.1. The molecule has 1 aromatic carbocycles. The molecule has 0 atom stereocenters. The highest BCUT2D eigenvalue weighted by Crippen LogP contribution is 2.21. The first-order valence-electron chi connectivity index (χ1n) is 6.06. The van der Waals surface area contributed by atoms with Gasteiger partial charge < -0.3 is 14.8 Å². The molecule has 4 nitrogen and oxygen atoms in total. The molecule has 1 heterocycles. The Hall–Kier alpha value is -1.81. The Morgan fingerprint density at radius 1 is 1.22 bits per heavy atom. The molecule has 96 valence electrons. The first-order chi connectivity index (χ1) is 8.61. The average Bonchev–Trinajstić information content (AvgIpc) is 2.71. The number of anilines is 1. The highest BCUT2D eigenvalue weighted by molar-refractivity contribution is 5.60. The van der Waals surface area contributed by atoms with Crippen LogP contribution in [0.2, 0.25) is 0 Å². The van der Waals surface area contributed by atoms with Crippen molar-refractivity contribution in [3.8, 4) is 11.4 Å². The third kappa shape index (κ3) is 2.54. The van der Waals surface area contributed by atoms with Crippen LogP contribution in [0.4, 0.5) is 5.69 Å². The van der Waals surface area contributed by atoms with Gasteiger partial charge in [0.1, 0.15) is 5.82 Å². The van der Waals surface area contributed by atoms with Crippen LogP contribution in [0, 0.1) is 0 Å². The van der Waals surface area contributed by atoms with E-state index in [-0.39, 0.29) is 0 Å². The van der Waals surface area contributed by atoms with E-state index in [0.717, 1.165) is 23.6 Å². The molecule has 2 rings (SSSR count). The van der Waals surface area contributed by atoms with E-state index >= 15 is 0 Å². The molecule has 0 aliphatic rings. The Balaban J connectivity index is 2.30. The second-order valence-electron chi connectivity index (χ2n) is 4.64. The van der Waals surface area contributed by atoms with Crippen LogP contribution in [0.1, 0.15) is 5.69 Å². The first-order valence-corrected chi connectivity index (χ1v) is 6.06. The fourth-order valence-corrected chi connectivity index (χ4v) is 1.97. The SMILES string of the molecule is CNCc1cn(C)c(-c2ccc(N(C)C)cc2)n1. The zero-order valence-electron chi connectivity index (χ0n) is 11.4. The predicted octanol–water partition coefficient (Wildman–Crippen LogP) is 1.87. The van der Waals surface area contributed by atoms with E-state index < -0.39 is 0 Å². The van der Waals surface area contributed by atoms with Crippen molar-refractivity contribution in [2.45, 2.75) is 6.54 Å². The van der Waals surface area contributed by atoms with Crippen molar-refractivity contribution in [1.29, 1.82) is 0 Å². The lowest BCUT2D eigenvalue weighted by molar-refractivity contribution is 0.795. The van der Waals surface area contributed by atoms with Crippen molar-refractivity contribution >= 4 is 5.69 Å². The fourth-order valence-electron chi connectivity index (χ4n) is 1.97. The van der Waals surface area contributed by atoms with Gasteiger partial charge in [-0.15, -0.1) is 0 Å². The summed E-state index contributed by atoms with van der Waals surface area (Å²) in [7, 11) is 8.04. The molecule has 1 aromatic heterocycles. The van der Waals surface area contributed by atoms with Gasteiger partial charge in [0.25, 0.3) is 0 Å². The molecule has 0 aliphatic heterocycles. The maximum atomic E-state index is 4.63. The van der Waals surface area contributed by atoms with Crippen molar-refractivity contribution in [2.75, 3.05) is 26.0 Å². The van der Waals surface area contributed by atoms with Gasteiger partial charge in [0.2, 0.25) is 0 Å². The Morgan fingerprint density at radius 2 is 1.89 bits per heavy atom. The molecule has 4 heteroatoms. The van der Waals surface area contributed by atoms with Gasteiger partial charge in [-0.1, -0.05) is 0 Å². The summed E-state index contributed by atoms with van der Waals surface area (Å²) in [5, 5.41) is 3.12. The molecule has 0 amide bonds. The van der Waals surface area contributed by atoms with Crippen molar-refractivity contribution in [2.24, 2.45) is 7.05 Å². The summed E-state index contributed by atoms with van der Waals surface area (Å²) in [6, 6.07) is 8.45. The molecule has 0 unspecified atom stereocenters. The molecule has 0 spiro atoms. The summed E-state index contributed by atoms with van der Waals surface area (Å²) in [5.74, 6) is 1.01. The number of aryl methyl sites for hydroxylation is 1. The van der Waals surface area contributed by atoms with Crippen LogP contribution in [0.15, 0.2) is 30.5 Å². The molecule has 2 aromatic rings. The third-order valence-corrected chi connectivity index (χ3v) is 2.93. The lowest BCUT2D eigenvalue weighted by Gasteiger charge is -2.12. The molecule has 0 radical (unpaired) electrons. The first kappa shape index (κ1) is 12.6. The molecule has 0 saturated heterocycles. The summed E-state index contributed by atoms with van der Waals surface area (Å²) >= 11 is 0. The summed E-state index contributed by atoms with van der Waals surface area (Å²) in [4.78, 5) is 6.72. The number of nitrogens with one attached hydrogen (secondary N) is 1. The maximum Gasteiger partial charge on any atom is 0.140 e. The number of hydrogen-bond donors (Lipinski definition) is 1. The minimum atomic E-state index is 0.795. The summed E-state index contributed by atoms with van der Waals surface area (Å²) in [6.07, 6.45) is 2.06. The van der Waals surface area contributed by atoms with E-state index in [0.29, 0.717) is 0 Å². The molecular weight excluding hydrogens is 224 g/mol. The second-order valence-corrected chi connectivity index (χ2v) is 4.64. The molecule has 0 fully saturated rings. The quantitative estimate of drug-likeness (QED) is 0.891. The van der Waals surface area contributed by atoms with Crippen molar-refractivity contribution < 1.29 is 0 Å². The maximum absolute atomic E-state index is 4.63. The molecule has 1 N–H and O–H groups in total. The monoisotopic (exact) mass is 244 g/mol. The van der Waals surface area contributed by atoms with Crippen LogP contribution in [0.5, 0.6) is 0 Å². The number of imidazole rings is 1. The smallest absolute Gasteiger partial charge is 0.140 e. The van der Waals surface area contributed by atoms with Crippen LogP contribution in [-0.2, 0) is 13.6 Å². The van der Waals surface area contributed by atoms with E-state index in [1.165, 1.54) is 5.69 Å². The average molecular weight is 244 g/mol. The summed E-state index contributed by atoms with van der Waals surface area (Å²) < 4.78 is 2.07. The van der Waals surface area contributed by atoms with Crippen LogP contribution < -0.4 is 10.2 Å². The van der Waals surface area contributed by atoms with Crippen LogP contribution in [0.25, 0.3) is 11.4 Å². The van der Waals surface area contributed by atoms with E-state index in [1.807, 2.05) is 28.2 Å². The minimum absolute atomic E-state index is 0.795. The van der Waals surface area contributed by atoms with Crippen LogP contribution in [0.3, 0.4) is 0 Å². The van der Waals surface area contributed by atoms with Gasteiger partial charge in [-0.3, -0.25) is 0 Å². The summed E-state index contributed by atoms with van der Waals surface area (Å²) in [5.41, 5.74) is 3.40. The van der Waals surface area contributed by atoms with Crippen LogP contribution >= 0.6 is 0 Å². The topological polar surface area (TPSA) is 33.1 Å². The van der Waals surface area contributed by atoms with Crippen LogP contribution in [-0.4, -0.2) is 30.7 Å². The van der Waals surface area contributed by atoms with Gasteiger partial charge in [-0.2, -0.15) is 0 Å². The van der Waals surface area contributed by atoms with Gasteiger partial charge in [-0.05, 0) is 31.3 Å². The zero-order valence-corrected chi connectivity index (χ0v) is 11.4. The Morgan fingerprint density at radius 3 is 2.44 bits per heavy atom. The third-order valence-electron chi connectivity index (χ3n) is 2.93. The minimum Gasteiger partial charge on any atom is -0.378 e. The normalized spacial score (nSPS) is 10.7. The molecular formula is C14H20N4. The number of benzene rings is 1. The summed E-state index contributed by atoms with van der Waals surface area (Å²) in [6.45, 7) is 0.795. The van der Waals surface area contributed by atoms with E-state index in [2.05, 4.69) is 50.2 Å². The van der Waals surface area contributed by atoms with Crippen molar-refractivity contribution in [3.05, 3.63) is 36.2 Å². The second kappa shape index (κ2) is 5.23. The van der Waals surface area contributed by atoms with Gasteiger partial charge in [0.15, 0.2) is 0 Å². The number of rotatable bonds is 4.